The van der Waals surface area contributed by atoms with E-state index in [9.17, 15) is 18.0 Å². The van der Waals surface area contributed by atoms with Gasteiger partial charge < -0.3 is 9.30 Å². The second-order valence-electron chi connectivity index (χ2n) is 7.27. The summed E-state index contributed by atoms with van der Waals surface area (Å²) in [7, 11) is 0. The van der Waals surface area contributed by atoms with Crippen LogP contribution < -0.4 is 10.2 Å². The first-order valence-electron chi connectivity index (χ1n) is 9.47. The summed E-state index contributed by atoms with van der Waals surface area (Å²) in [4.78, 5) is 13.3. The van der Waals surface area contributed by atoms with Crippen LogP contribution in [0.25, 0.3) is 16.6 Å². The predicted octanol–water partition coefficient (Wildman–Crippen LogP) is 5.49. The fraction of sp³-hybridized carbons (Fsp3) is 0.125. The van der Waals surface area contributed by atoms with E-state index in [1.54, 1.807) is 10.8 Å². The van der Waals surface area contributed by atoms with Gasteiger partial charge >= 0.3 is 6.18 Å². The molecule has 4 aromatic rings. The van der Waals surface area contributed by atoms with Crippen molar-refractivity contribution in [2.24, 2.45) is 0 Å². The van der Waals surface area contributed by atoms with Crippen molar-refractivity contribution in [2.45, 2.75) is 19.2 Å². The first-order valence-corrected chi connectivity index (χ1v) is 9.47. The Morgan fingerprint density at radius 2 is 1.67 bits per heavy atom. The van der Waals surface area contributed by atoms with Crippen LogP contribution in [0.2, 0.25) is 0 Å². The lowest BCUT2D eigenvalue weighted by atomic mass is 10.00. The minimum atomic E-state index is -4.66. The molecule has 0 unspecified atom stereocenters. The van der Waals surface area contributed by atoms with Gasteiger partial charge in [0.1, 0.15) is 12.4 Å². The Balaban J connectivity index is 1.90. The standard InChI is InChI=1S/C24H16F3NO2/c25-24(26,27)18-10-11-20-22-21(18)23(29)17(12-15-6-2-1-3-7-15)13-28(22)19-9-5-4-8-16(19)14-30-20/h1-11,13H,12,14H2. The lowest BCUT2D eigenvalue weighted by Crippen LogP contribution is -2.19. The van der Waals surface area contributed by atoms with Crippen LogP contribution in [0.15, 0.2) is 77.7 Å². The number of rotatable bonds is 2. The molecule has 0 amide bonds. The van der Waals surface area contributed by atoms with Crippen molar-refractivity contribution in [3.63, 3.8) is 0 Å². The predicted molar refractivity (Wildman–Crippen MR) is 108 cm³/mol. The quantitative estimate of drug-likeness (QED) is 0.440. The molecule has 2 heterocycles. The maximum atomic E-state index is 13.9. The first kappa shape index (κ1) is 18.5. The highest BCUT2D eigenvalue weighted by Crippen LogP contribution is 2.39. The third-order valence-corrected chi connectivity index (χ3v) is 5.36. The number of ether oxygens (including phenoxy) is 1. The molecule has 0 radical (unpaired) electrons. The molecule has 1 aliphatic heterocycles. The van der Waals surface area contributed by atoms with Crippen molar-refractivity contribution in [3.8, 4) is 11.4 Å². The molecule has 6 heteroatoms. The number of fused-ring (bicyclic) bond motifs is 2. The molecule has 0 fully saturated rings. The summed E-state index contributed by atoms with van der Waals surface area (Å²) in [6.45, 7) is 0.209. The van der Waals surface area contributed by atoms with E-state index in [2.05, 4.69) is 0 Å². The molecule has 0 aliphatic carbocycles. The zero-order valence-electron chi connectivity index (χ0n) is 15.7. The van der Waals surface area contributed by atoms with Crippen LogP contribution in [0.4, 0.5) is 13.2 Å². The van der Waals surface area contributed by atoms with Crippen LogP contribution in [0.3, 0.4) is 0 Å². The Morgan fingerprint density at radius 3 is 2.43 bits per heavy atom. The number of pyridine rings is 1. The Hall–Kier alpha value is -3.54. The lowest BCUT2D eigenvalue weighted by molar-refractivity contribution is -0.136. The average molecular weight is 407 g/mol. The maximum absolute atomic E-state index is 13.9. The number of halogens is 3. The SMILES string of the molecule is O=c1c(Cc2ccccc2)cn2c3c(ccc(C(F)(F)F)c13)OCc1ccccc1-2. The van der Waals surface area contributed by atoms with Crippen molar-refractivity contribution < 1.29 is 17.9 Å². The van der Waals surface area contributed by atoms with Crippen LogP contribution in [0.1, 0.15) is 22.3 Å². The van der Waals surface area contributed by atoms with E-state index >= 15 is 0 Å². The number of nitrogens with zero attached hydrogens (tertiary/aromatic N) is 1. The molecule has 5 rings (SSSR count). The zero-order valence-corrected chi connectivity index (χ0v) is 15.7. The average Bonchev–Trinajstić information content (AvgIpc) is 2.89. The van der Waals surface area contributed by atoms with Crippen molar-refractivity contribution in [1.29, 1.82) is 0 Å². The molecule has 0 spiro atoms. The van der Waals surface area contributed by atoms with Gasteiger partial charge in [-0.1, -0.05) is 48.5 Å². The van der Waals surface area contributed by atoms with Gasteiger partial charge in [0.25, 0.3) is 0 Å². The van der Waals surface area contributed by atoms with Gasteiger partial charge in [0.05, 0.1) is 22.2 Å². The zero-order chi connectivity index (χ0) is 20.9. The van der Waals surface area contributed by atoms with Gasteiger partial charge in [-0.25, -0.2) is 0 Å². The number of hydrogen-bond acceptors (Lipinski definition) is 2. The summed E-state index contributed by atoms with van der Waals surface area (Å²) in [5.74, 6) is 0.262. The van der Waals surface area contributed by atoms with Crippen LogP contribution in [0, 0.1) is 0 Å². The molecular weight excluding hydrogens is 391 g/mol. The smallest absolute Gasteiger partial charge is 0.417 e. The molecule has 3 aromatic carbocycles. The fourth-order valence-corrected chi connectivity index (χ4v) is 3.99. The molecule has 150 valence electrons. The molecule has 0 saturated carbocycles. The minimum Gasteiger partial charge on any atom is -0.487 e. The van der Waals surface area contributed by atoms with Gasteiger partial charge in [0.15, 0.2) is 5.43 Å². The van der Waals surface area contributed by atoms with Crippen LogP contribution in [0.5, 0.6) is 5.75 Å². The molecule has 0 N–H and O–H groups in total. The highest BCUT2D eigenvalue weighted by atomic mass is 19.4. The maximum Gasteiger partial charge on any atom is 0.417 e. The molecule has 0 atom stereocenters. The van der Waals surface area contributed by atoms with Gasteiger partial charge in [-0.3, -0.25) is 4.79 Å². The van der Waals surface area contributed by atoms with E-state index in [0.29, 0.717) is 11.3 Å². The lowest BCUT2D eigenvalue weighted by Gasteiger charge is -2.18. The van der Waals surface area contributed by atoms with E-state index in [1.807, 2.05) is 54.6 Å². The Labute approximate surface area is 170 Å². The molecule has 0 saturated heterocycles. The summed E-state index contributed by atoms with van der Waals surface area (Å²) in [6.07, 6.45) is -2.78. The number of benzene rings is 3. The second-order valence-corrected chi connectivity index (χ2v) is 7.27. The first-order chi connectivity index (χ1) is 14.4. The number of aromatic nitrogens is 1. The highest BCUT2D eigenvalue weighted by Gasteiger charge is 2.36. The van der Waals surface area contributed by atoms with Crippen molar-refractivity contribution in [3.05, 3.63) is 105 Å². The third kappa shape index (κ3) is 2.96. The minimum absolute atomic E-state index is 0.150. The van der Waals surface area contributed by atoms with E-state index in [1.165, 1.54) is 6.07 Å². The molecule has 3 nitrogen and oxygen atoms in total. The van der Waals surface area contributed by atoms with Crippen LogP contribution in [-0.4, -0.2) is 4.57 Å². The molecule has 1 aliphatic rings. The van der Waals surface area contributed by atoms with E-state index < -0.39 is 17.2 Å². The van der Waals surface area contributed by atoms with Gasteiger partial charge in [0, 0.05) is 23.7 Å². The summed E-state index contributed by atoms with van der Waals surface area (Å²) >= 11 is 0. The monoisotopic (exact) mass is 407 g/mol. The van der Waals surface area contributed by atoms with Crippen molar-refractivity contribution in [1.82, 2.24) is 4.57 Å². The summed E-state index contributed by atoms with van der Waals surface area (Å²) < 4.78 is 49.0. The molecule has 30 heavy (non-hydrogen) atoms. The van der Waals surface area contributed by atoms with Gasteiger partial charge in [-0.15, -0.1) is 0 Å². The van der Waals surface area contributed by atoms with Crippen LogP contribution >= 0.6 is 0 Å². The number of hydrogen-bond donors (Lipinski definition) is 0. The normalized spacial score (nSPS) is 12.9. The summed E-state index contributed by atoms with van der Waals surface area (Å²) in [5, 5.41) is -0.356. The summed E-state index contributed by atoms with van der Waals surface area (Å²) in [5.41, 5.74) is 1.27. The Kier molecular flexibility index (Phi) is 4.17. The molecular formula is C24H16F3NO2. The Morgan fingerprint density at radius 1 is 0.933 bits per heavy atom. The Bertz CT molecular complexity index is 1320. The highest BCUT2D eigenvalue weighted by molar-refractivity contribution is 5.91. The van der Waals surface area contributed by atoms with Gasteiger partial charge in [-0.2, -0.15) is 13.2 Å². The topological polar surface area (TPSA) is 31.2 Å². The summed E-state index contributed by atoms with van der Waals surface area (Å²) in [6, 6.07) is 18.8. The van der Waals surface area contributed by atoms with Gasteiger partial charge in [0.2, 0.25) is 0 Å². The third-order valence-electron chi connectivity index (χ3n) is 5.36. The fourth-order valence-electron chi connectivity index (χ4n) is 3.99. The molecule has 1 aromatic heterocycles. The van der Waals surface area contributed by atoms with Crippen molar-refractivity contribution in [2.75, 3.05) is 0 Å². The van der Waals surface area contributed by atoms with E-state index in [4.69, 9.17) is 4.74 Å². The number of alkyl halides is 3. The molecule has 0 bridgehead atoms. The largest absolute Gasteiger partial charge is 0.487 e. The van der Waals surface area contributed by atoms with E-state index in [-0.39, 0.29) is 29.7 Å². The van der Waals surface area contributed by atoms with Gasteiger partial charge in [-0.05, 0) is 23.8 Å². The van der Waals surface area contributed by atoms with Crippen LogP contribution in [-0.2, 0) is 19.2 Å². The van der Waals surface area contributed by atoms with Crippen molar-refractivity contribution >= 4 is 10.9 Å². The van der Waals surface area contributed by atoms with E-state index in [0.717, 1.165) is 17.2 Å². The number of para-hydroxylation sites is 1. The second kappa shape index (κ2) is 6.76.